The van der Waals surface area contributed by atoms with Gasteiger partial charge < -0.3 is 15.2 Å². The quantitative estimate of drug-likeness (QED) is 0.730. The highest BCUT2D eigenvalue weighted by Gasteiger charge is 2.20. The fourth-order valence-electron chi connectivity index (χ4n) is 2.75. The predicted molar refractivity (Wildman–Crippen MR) is 78.8 cm³/mol. The number of rotatable bonds is 7. The molecule has 2 heterocycles. The largest absolute Gasteiger partial charge is 0.481 e. The Balaban J connectivity index is 1.73. The van der Waals surface area contributed by atoms with Crippen molar-refractivity contribution in [1.82, 2.24) is 15.2 Å². The third-order valence-electron chi connectivity index (χ3n) is 3.89. The topological polar surface area (TPSA) is 57.6 Å². The number of pyridine rings is 1. The molecule has 20 heavy (non-hydrogen) atoms. The highest BCUT2D eigenvalue weighted by Crippen LogP contribution is 2.16. The van der Waals surface area contributed by atoms with E-state index in [-0.39, 0.29) is 6.61 Å². The Hall–Kier alpha value is -1.17. The van der Waals surface area contributed by atoms with Crippen LogP contribution in [0.2, 0.25) is 0 Å². The summed E-state index contributed by atoms with van der Waals surface area (Å²) in [5.41, 5.74) is 1.08. The van der Waals surface area contributed by atoms with Gasteiger partial charge in [-0.1, -0.05) is 12.5 Å². The number of likely N-dealkylation sites (tertiary alicyclic amines) is 1. The number of aromatic nitrogens is 1. The Bertz CT molecular complexity index is 400. The second-order valence-electron chi connectivity index (χ2n) is 5.22. The molecule has 0 aliphatic carbocycles. The van der Waals surface area contributed by atoms with Crippen LogP contribution in [-0.2, 0) is 6.54 Å². The van der Waals surface area contributed by atoms with Crippen molar-refractivity contribution in [1.29, 1.82) is 0 Å². The molecule has 112 valence electrons. The lowest BCUT2D eigenvalue weighted by Crippen LogP contribution is -2.44. The van der Waals surface area contributed by atoms with E-state index in [1.165, 1.54) is 12.8 Å². The number of nitrogens with one attached hydrogen (secondary N) is 1. The summed E-state index contributed by atoms with van der Waals surface area (Å²) in [4.78, 5) is 6.57. The smallest absolute Gasteiger partial charge is 0.217 e. The predicted octanol–water partition coefficient (Wildman–Crippen LogP) is 1.03. The Morgan fingerprint density at radius 3 is 3.20 bits per heavy atom. The van der Waals surface area contributed by atoms with E-state index < -0.39 is 0 Å². The molecule has 5 nitrogen and oxygen atoms in total. The summed E-state index contributed by atoms with van der Waals surface area (Å²) >= 11 is 0. The Kier molecular flexibility index (Phi) is 6.24. The van der Waals surface area contributed by atoms with Gasteiger partial charge in [-0.15, -0.1) is 0 Å². The van der Waals surface area contributed by atoms with Gasteiger partial charge >= 0.3 is 0 Å². The second-order valence-corrected chi connectivity index (χ2v) is 5.22. The third kappa shape index (κ3) is 4.16. The zero-order valence-corrected chi connectivity index (χ0v) is 12.2. The molecule has 0 spiro atoms. The summed E-state index contributed by atoms with van der Waals surface area (Å²) in [5, 5.41) is 12.8. The van der Waals surface area contributed by atoms with E-state index in [0.29, 0.717) is 11.9 Å². The molecule has 1 fully saturated rings. The molecule has 0 amide bonds. The van der Waals surface area contributed by atoms with Crippen molar-refractivity contribution in [3.05, 3.63) is 23.9 Å². The van der Waals surface area contributed by atoms with Crippen LogP contribution in [0.4, 0.5) is 0 Å². The number of nitrogens with zero attached hydrogens (tertiary/aromatic N) is 2. The van der Waals surface area contributed by atoms with E-state index in [9.17, 15) is 5.11 Å². The zero-order chi connectivity index (χ0) is 14.2. The lowest BCUT2D eigenvalue weighted by molar-refractivity contribution is 0.0910. The van der Waals surface area contributed by atoms with Crippen LogP contribution < -0.4 is 10.1 Å². The van der Waals surface area contributed by atoms with Gasteiger partial charge in [0.2, 0.25) is 5.88 Å². The van der Waals surface area contributed by atoms with Crippen LogP contribution >= 0.6 is 0 Å². The molecule has 1 aromatic heterocycles. The van der Waals surface area contributed by atoms with Crippen molar-refractivity contribution in [2.24, 2.45) is 0 Å². The molecule has 1 unspecified atom stereocenters. The monoisotopic (exact) mass is 279 g/mol. The number of piperidine rings is 1. The van der Waals surface area contributed by atoms with Crippen molar-refractivity contribution in [3.8, 4) is 5.88 Å². The second kappa shape index (κ2) is 8.19. The fraction of sp³-hybridized carbons (Fsp3) is 0.667. The number of ether oxygens (including phenoxy) is 1. The number of aliphatic hydroxyl groups is 1. The summed E-state index contributed by atoms with van der Waals surface area (Å²) < 4.78 is 5.23. The van der Waals surface area contributed by atoms with Crippen molar-refractivity contribution in [2.75, 3.05) is 33.4 Å². The third-order valence-corrected chi connectivity index (χ3v) is 3.89. The summed E-state index contributed by atoms with van der Waals surface area (Å²) in [6.45, 7) is 4.02. The SMILES string of the molecule is COc1ncccc1CNCCN1CCCCC1CO. The van der Waals surface area contributed by atoms with Crippen LogP contribution in [0.15, 0.2) is 18.3 Å². The average molecular weight is 279 g/mol. The van der Waals surface area contributed by atoms with Gasteiger partial charge in [0.1, 0.15) is 0 Å². The van der Waals surface area contributed by atoms with Gasteiger partial charge in [0.25, 0.3) is 0 Å². The molecular formula is C15H25N3O2. The average Bonchev–Trinajstić information content (AvgIpc) is 2.52. The van der Waals surface area contributed by atoms with Crippen LogP contribution in [0.1, 0.15) is 24.8 Å². The highest BCUT2D eigenvalue weighted by molar-refractivity contribution is 5.24. The molecule has 1 aromatic rings. The molecule has 1 saturated heterocycles. The minimum atomic E-state index is 0.274. The van der Waals surface area contributed by atoms with Crippen LogP contribution in [0.25, 0.3) is 0 Å². The Labute approximate surface area is 121 Å². The Morgan fingerprint density at radius 2 is 2.40 bits per heavy atom. The number of methoxy groups -OCH3 is 1. The van der Waals surface area contributed by atoms with E-state index in [1.54, 1.807) is 13.3 Å². The molecule has 2 rings (SSSR count). The standard InChI is InChI=1S/C15H25N3O2/c1-20-15-13(5-4-7-17-15)11-16-8-10-18-9-3-2-6-14(18)12-19/h4-5,7,14,16,19H,2-3,6,8-12H2,1H3. The maximum atomic E-state index is 9.38. The summed E-state index contributed by atoms with van der Waals surface area (Å²) in [6, 6.07) is 4.29. The van der Waals surface area contributed by atoms with Gasteiger partial charge in [-0.3, -0.25) is 4.90 Å². The van der Waals surface area contributed by atoms with E-state index in [1.807, 2.05) is 12.1 Å². The summed E-state index contributed by atoms with van der Waals surface area (Å²) in [6.07, 6.45) is 5.34. The van der Waals surface area contributed by atoms with Crippen LogP contribution in [0, 0.1) is 0 Å². The molecular weight excluding hydrogens is 254 g/mol. The number of aliphatic hydroxyl groups excluding tert-OH is 1. The first-order valence-electron chi connectivity index (χ1n) is 7.38. The molecule has 0 aromatic carbocycles. The lowest BCUT2D eigenvalue weighted by atomic mass is 10.0. The van der Waals surface area contributed by atoms with Crippen molar-refractivity contribution in [3.63, 3.8) is 0 Å². The molecule has 0 saturated carbocycles. The van der Waals surface area contributed by atoms with Gasteiger partial charge in [0, 0.05) is 37.4 Å². The van der Waals surface area contributed by atoms with Gasteiger partial charge in [-0.25, -0.2) is 4.98 Å². The molecule has 1 aliphatic rings. The zero-order valence-electron chi connectivity index (χ0n) is 12.2. The minimum Gasteiger partial charge on any atom is -0.481 e. The van der Waals surface area contributed by atoms with Crippen LogP contribution in [-0.4, -0.2) is 54.4 Å². The molecule has 0 bridgehead atoms. The number of hydrogen-bond acceptors (Lipinski definition) is 5. The van der Waals surface area contributed by atoms with Gasteiger partial charge in [-0.05, 0) is 25.5 Å². The maximum Gasteiger partial charge on any atom is 0.217 e. The molecule has 0 radical (unpaired) electrons. The molecule has 5 heteroatoms. The summed E-state index contributed by atoms with van der Waals surface area (Å²) in [7, 11) is 1.64. The Morgan fingerprint density at radius 1 is 1.50 bits per heavy atom. The normalized spacial score (nSPS) is 20.0. The van der Waals surface area contributed by atoms with E-state index in [4.69, 9.17) is 4.74 Å². The van der Waals surface area contributed by atoms with Gasteiger partial charge in [-0.2, -0.15) is 0 Å². The first-order chi connectivity index (χ1) is 9.85. The molecule has 2 N–H and O–H groups in total. The highest BCUT2D eigenvalue weighted by atomic mass is 16.5. The van der Waals surface area contributed by atoms with Crippen LogP contribution in [0.3, 0.4) is 0 Å². The van der Waals surface area contributed by atoms with Crippen molar-refractivity contribution in [2.45, 2.75) is 31.8 Å². The number of hydrogen-bond donors (Lipinski definition) is 2. The molecule has 1 atom stereocenters. The lowest BCUT2D eigenvalue weighted by Gasteiger charge is -2.34. The van der Waals surface area contributed by atoms with E-state index in [0.717, 1.165) is 38.2 Å². The first kappa shape index (κ1) is 15.2. The van der Waals surface area contributed by atoms with Crippen molar-refractivity contribution >= 4 is 0 Å². The van der Waals surface area contributed by atoms with Crippen molar-refractivity contribution < 1.29 is 9.84 Å². The van der Waals surface area contributed by atoms with Crippen LogP contribution in [0.5, 0.6) is 5.88 Å². The minimum absolute atomic E-state index is 0.274. The summed E-state index contributed by atoms with van der Waals surface area (Å²) in [5.74, 6) is 0.686. The van der Waals surface area contributed by atoms with E-state index in [2.05, 4.69) is 15.2 Å². The van der Waals surface area contributed by atoms with Gasteiger partial charge in [0.05, 0.1) is 13.7 Å². The fourth-order valence-corrected chi connectivity index (χ4v) is 2.75. The van der Waals surface area contributed by atoms with E-state index >= 15 is 0 Å². The first-order valence-corrected chi connectivity index (χ1v) is 7.38. The maximum absolute atomic E-state index is 9.38. The molecule has 1 aliphatic heterocycles. The van der Waals surface area contributed by atoms with Gasteiger partial charge in [0.15, 0.2) is 0 Å².